The summed E-state index contributed by atoms with van der Waals surface area (Å²) >= 11 is 0. The Balaban J connectivity index is 1.34. The first kappa shape index (κ1) is 22.0. The van der Waals surface area contributed by atoms with Crippen molar-refractivity contribution in [2.75, 3.05) is 44.0 Å². The fourth-order valence-corrected chi connectivity index (χ4v) is 9.54. The van der Waals surface area contributed by atoms with Crippen LogP contribution in [0.1, 0.15) is 56.1 Å². The molecule has 2 aromatic rings. The van der Waals surface area contributed by atoms with Gasteiger partial charge in [0.1, 0.15) is 5.75 Å². The van der Waals surface area contributed by atoms with E-state index in [1.54, 1.807) is 0 Å². The zero-order valence-corrected chi connectivity index (χ0v) is 21.7. The van der Waals surface area contributed by atoms with Crippen molar-refractivity contribution in [3.05, 3.63) is 53.6 Å². The molecular formula is C31H41N3O. The molecule has 1 heterocycles. The van der Waals surface area contributed by atoms with Gasteiger partial charge in [-0.05, 0) is 111 Å². The van der Waals surface area contributed by atoms with Crippen molar-refractivity contribution in [2.45, 2.75) is 68.9 Å². The smallest absolute Gasteiger partial charge is 0.115 e. The molecule has 186 valence electrons. The highest BCUT2D eigenvalue weighted by Crippen LogP contribution is 2.72. The molecule has 2 aromatic carbocycles. The summed E-state index contributed by atoms with van der Waals surface area (Å²) in [5, 5.41) is 10.7. The van der Waals surface area contributed by atoms with E-state index in [0.717, 1.165) is 5.92 Å². The summed E-state index contributed by atoms with van der Waals surface area (Å²) in [7, 11) is 6.67. The molecule has 0 amide bonds. The minimum Gasteiger partial charge on any atom is -0.508 e. The molecule has 4 heteroatoms. The van der Waals surface area contributed by atoms with Crippen molar-refractivity contribution in [2.24, 2.45) is 17.3 Å². The fourth-order valence-electron chi connectivity index (χ4n) is 9.54. The summed E-state index contributed by atoms with van der Waals surface area (Å²) in [5.41, 5.74) is 6.28. The van der Waals surface area contributed by atoms with E-state index in [0.29, 0.717) is 29.2 Å². The van der Waals surface area contributed by atoms with Crippen molar-refractivity contribution in [3.63, 3.8) is 0 Å². The molecule has 1 aliphatic heterocycles. The highest BCUT2D eigenvalue weighted by molar-refractivity contribution is 5.71. The number of piperidine rings is 1. The minimum absolute atomic E-state index is 0.203. The van der Waals surface area contributed by atoms with Crippen molar-refractivity contribution < 1.29 is 5.11 Å². The topological polar surface area (TPSA) is 30.0 Å². The number of hydrogen-bond donors (Lipinski definition) is 1. The third-order valence-electron chi connectivity index (χ3n) is 11.1. The van der Waals surface area contributed by atoms with Crippen molar-refractivity contribution >= 4 is 11.4 Å². The Labute approximate surface area is 210 Å². The summed E-state index contributed by atoms with van der Waals surface area (Å²) in [6.07, 6.45) is 10.6. The molecule has 0 spiro atoms. The monoisotopic (exact) mass is 471 g/mol. The van der Waals surface area contributed by atoms with Gasteiger partial charge >= 0.3 is 0 Å². The van der Waals surface area contributed by atoms with Crippen molar-refractivity contribution in [3.8, 4) is 5.75 Å². The quantitative estimate of drug-likeness (QED) is 0.630. The first-order valence-corrected chi connectivity index (χ1v) is 14.0. The third kappa shape index (κ3) is 2.95. The summed E-state index contributed by atoms with van der Waals surface area (Å²) < 4.78 is 0. The number of likely N-dealkylation sites (tertiary alicyclic amines) is 1. The molecular weight excluding hydrogens is 430 g/mol. The van der Waals surface area contributed by atoms with Crippen LogP contribution in [0.2, 0.25) is 0 Å². The van der Waals surface area contributed by atoms with Crippen LogP contribution in [-0.4, -0.2) is 56.3 Å². The van der Waals surface area contributed by atoms with Gasteiger partial charge in [-0.3, -0.25) is 4.90 Å². The second-order valence-electron chi connectivity index (χ2n) is 12.6. The zero-order chi connectivity index (χ0) is 23.9. The van der Waals surface area contributed by atoms with Crippen LogP contribution in [0.25, 0.3) is 0 Å². The standard InChI is InChI=1S/C31H41N3O/c1-32(2)27-6-4-5-7-28(27)33(3)26-13-15-30-14-12-24(26)31(30)16-17-34(20-21-8-9-21)29(30)18-22-10-11-23(35)19-25(22)31/h4-7,10-11,19,21,24,26,29,35H,8-9,12-18,20H2,1-3H3. The summed E-state index contributed by atoms with van der Waals surface area (Å²) in [6.45, 7) is 2.55. The molecule has 5 aliphatic rings. The number of phenolic OH excluding ortho intramolecular Hbond substituents is 1. The van der Waals surface area contributed by atoms with Gasteiger partial charge in [0.2, 0.25) is 0 Å². The van der Waals surface area contributed by atoms with Crippen LogP contribution in [0.15, 0.2) is 42.5 Å². The van der Waals surface area contributed by atoms with E-state index in [4.69, 9.17) is 0 Å². The summed E-state index contributed by atoms with van der Waals surface area (Å²) in [5.74, 6) is 2.05. The predicted molar refractivity (Wildman–Crippen MR) is 144 cm³/mol. The van der Waals surface area contributed by atoms with E-state index < -0.39 is 0 Å². The Morgan fingerprint density at radius 3 is 2.49 bits per heavy atom. The molecule has 0 aromatic heterocycles. The van der Waals surface area contributed by atoms with Gasteiger partial charge in [-0.1, -0.05) is 18.2 Å². The van der Waals surface area contributed by atoms with Crippen LogP contribution in [0, 0.1) is 17.3 Å². The second-order valence-corrected chi connectivity index (χ2v) is 12.6. The van der Waals surface area contributed by atoms with E-state index in [9.17, 15) is 5.11 Å². The number of anilines is 2. The maximum atomic E-state index is 10.7. The number of phenols is 1. The van der Waals surface area contributed by atoms with Gasteiger partial charge in [-0.15, -0.1) is 0 Å². The van der Waals surface area contributed by atoms with Crippen LogP contribution < -0.4 is 9.80 Å². The second kappa shape index (κ2) is 7.65. The molecule has 35 heavy (non-hydrogen) atoms. The van der Waals surface area contributed by atoms with E-state index in [2.05, 4.69) is 72.2 Å². The molecule has 5 unspecified atom stereocenters. The molecule has 4 fully saturated rings. The van der Waals surface area contributed by atoms with Crippen LogP contribution >= 0.6 is 0 Å². The predicted octanol–water partition coefficient (Wildman–Crippen LogP) is 5.43. The Hall–Kier alpha value is -2.20. The van der Waals surface area contributed by atoms with E-state index in [-0.39, 0.29) is 5.41 Å². The van der Waals surface area contributed by atoms with Gasteiger partial charge in [-0.25, -0.2) is 0 Å². The summed E-state index contributed by atoms with van der Waals surface area (Å²) in [6, 6.07) is 16.5. The average Bonchev–Trinajstić information content (AvgIpc) is 3.64. The van der Waals surface area contributed by atoms with Gasteiger partial charge < -0.3 is 14.9 Å². The number of rotatable bonds is 5. The third-order valence-corrected chi connectivity index (χ3v) is 11.1. The SMILES string of the molecule is CN(C)c1ccccc1N(C)C1CCC23CCC1C21CCN(CC2CC2)C3Cc2ccc(O)cc21. The number of hydrogen-bond acceptors (Lipinski definition) is 4. The number of aromatic hydroxyl groups is 1. The molecule has 1 N–H and O–H groups in total. The molecule has 7 rings (SSSR count). The van der Waals surface area contributed by atoms with Gasteiger partial charge in [0, 0.05) is 45.2 Å². The lowest BCUT2D eigenvalue weighted by atomic mass is 9.43. The first-order chi connectivity index (χ1) is 16.9. The zero-order valence-electron chi connectivity index (χ0n) is 21.7. The first-order valence-electron chi connectivity index (χ1n) is 14.0. The molecule has 5 atom stereocenters. The minimum atomic E-state index is 0.203. The van der Waals surface area contributed by atoms with Gasteiger partial charge in [0.05, 0.1) is 11.4 Å². The maximum absolute atomic E-state index is 10.7. The molecule has 4 nitrogen and oxygen atoms in total. The molecule has 1 saturated heterocycles. The molecule has 3 saturated carbocycles. The van der Waals surface area contributed by atoms with Crippen LogP contribution in [0.5, 0.6) is 5.75 Å². The molecule has 4 aliphatic carbocycles. The van der Waals surface area contributed by atoms with Gasteiger partial charge in [-0.2, -0.15) is 0 Å². The Morgan fingerprint density at radius 2 is 1.71 bits per heavy atom. The van der Waals surface area contributed by atoms with Gasteiger partial charge in [0.25, 0.3) is 0 Å². The lowest BCUT2D eigenvalue weighted by Crippen LogP contribution is -2.70. The largest absolute Gasteiger partial charge is 0.508 e. The number of nitrogens with zero attached hydrogens (tertiary/aromatic N) is 3. The highest BCUT2D eigenvalue weighted by atomic mass is 16.3. The number of para-hydroxylation sites is 2. The molecule has 4 bridgehead atoms. The molecule has 0 radical (unpaired) electrons. The van der Waals surface area contributed by atoms with Crippen LogP contribution in [0.4, 0.5) is 11.4 Å². The van der Waals surface area contributed by atoms with Crippen LogP contribution in [-0.2, 0) is 11.8 Å². The van der Waals surface area contributed by atoms with E-state index >= 15 is 0 Å². The highest BCUT2D eigenvalue weighted by Gasteiger charge is 2.71. The average molecular weight is 472 g/mol. The number of fused-ring (bicyclic) bond motifs is 1. The Morgan fingerprint density at radius 1 is 0.943 bits per heavy atom. The van der Waals surface area contributed by atoms with E-state index in [1.165, 1.54) is 87.0 Å². The van der Waals surface area contributed by atoms with Gasteiger partial charge in [0.15, 0.2) is 0 Å². The lowest BCUT2D eigenvalue weighted by molar-refractivity contribution is -0.0928. The fraction of sp³-hybridized carbons (Fsp3) is 0.613. The lowest BCUT2D eigenvalue weighted by Gasteiger charge is -2.67. The van der Waals surface area contributed by atoms with E-state index in [1.807, 2.05) is 6.07 Å². The maximum Gasteiger partial charge on any atom is 0.115 e. The Bertz CT molecular complexity index is 1140. The Kier molecular flexibility index (Phi) is 4.82. The van der Waals surface area contributed by atoms with Crippen molar-refractivity contribution in [1.29, 1.82) is 0 Å². The van der Waals surface area contributed by atoms with Crippen LogP contribution in [0.3, 0.4) is 0 Å². The van der Waals surface area contributed by atoms with Crippen molar-refractivity contribution in [1.82, 2.24) is 4.90 Å². The summed E-state index contributed by atoms with van der Waals surface area (Å²) in [4.78, 5) is 7.82. The number of benzene rings is 2. The normalized spacial score (nSPS) is 35.3.